The molecule has 2 amide bonds. The van der Waals surface area contributed by atoms with Crippen LogP contribution in [-0.2, 0) is 16.1 Å². The van der Waals surface area contributed by atoms with Crippen molar-refractivity contribution in [2.75, 3.05) is 19.6 Å². The molecule has 2 aliphatic rings. The molecule has 1 aromatic carbocycles. The van der Waals surface area contributed by atoms with Gasteiger partial charge in [0.05, 0.1) is 12.1 Å². The monoisotopic (exact) mass is 369 g/mol. The van der Waals surface area contributed by atoms with Crippen LogP contribution in [0.25, 0.3) is 0 Å². The lowest BCUT2D eigenvalue weighted by Crippen LogP contribution is -2.61. The Morgan fingerprint density at radius 2 is 1.92 bits per heavy atom. The van der Waals surface area contributed by atoms with Crippen molar-refractivity contribution in [3.05, 3.63) is 35.6 Å². The quantitative estimate of drug-likeness (QED) is 0.887. The fraction of sp³-hybridized carbons (Fsp3) is 0.556. The molecule has 1 aliphatic heterocycles. The Morgan fingerprint density at radius 3 is 2.56 bits per heavy atom. The van der Waals surface area contributed by atoms with Gasteiger partial charge in [-0.25, -0.2) is 4.39 Å². The first-order valence-corrected chi connectivity index (χ1v) is 8.58. The van der Waals surface area contributed by atoms with Crippen molar-refractivity contribution in [1.29, 1.82) is 0 Å². The zero-order chi connectivity index (χ0) is 17.2. The van der Waals surface area contributed by atoms with Gasteiger partial charge in [-0.15, -0.1) is 12.4 Å². The van der Waals surface area contributed by atoms with Crippen molar-refractivity contribution in [3.63, 3.8) is 0 Å². The minimum atomic E-state index is -0.802. The Kier molecular flexibility index (Phi) is 6.41. The first kappa shape index (κ1) is 19.7. The molecule has 0 bridgehead atoms. The van der Waals surface area contributed by atoms with Crippen LogP contribution in [0.15, 0.2) is 24.3 Å². The van der Waals surface area contributed by atoms with E-state index in [0.29, 0.717) is 32.5 Å². The maximum atomic E-state index is 13.3. The molecule has 2 N–H and O–H groups in total. The fourth-order valence-electron chi connectivity index (χ4n) is 3.62. The lowest BCUT2D eigenvalue weighted by Gasteiger charge is -2.40. The molecule has 0 aromatic heterocycles. The zero-order valence-corrected chi connectivity index (χ0v) is 15.1. The number of hydrogen-bond donors (Lipinski definition) is 1. The maximum Gasteiger partial charge on any atom is 0.243 e. The standard InChI is InChI=1S/C18H24FN3O2.ClH/c19-15-6-4-5-14(11-15)12-21-9-10-22(13-16(21)23)17(24)18(20)7-2-1-3-8-18;/h4-6,11H,1-3,7-10,12-13,20H2;1H. The van der Waals surface area contributed by atoms with E-state index in [9.17, 15) is 14.0 Å². The van der Waals surface area contributed by atoms with Crippen LogP contribution in [0.5, 0.6) is 0 Å². The van der Waals surface area contributed by atoms with Crippen LogP contribution in [0.4, 0.5) is 4.39 Å². The molecular formula is C18H25ClFN3O2. The van der Waals surface area contributed by atoms with E-state index in [-0.39, 0.29) is 36.6 Å². The Bertz CT molecular complexity index is 635. The van der Waals surface area contributed by atoms with Gasteiger partial charge in [-0.2, -0.15) is 0 Å². The highest BCUT2D eigenvalue weighted by atomic mass is 35.5. The summed E-state index contributed by atoms with van der Waals surface area (Å²) in [4.78, 5) is 28.4. The van der Waals surface area contributed by atoms with Crippen molar-refractivity contribution < 1.29 is 14.0 Å². The summed E-state index contributed by atoms with van der Waals surface area (Å²) in [5, 5.41) is 0. The van der Waals surface area contributed by atoms with E-state index in [1.54, 1.807) is 21.9 Å². The summed E-state index contributed by atoms with van der Waals surface area (Å²) in [6.07, 6.45) is 4.45. The third-order valence-electron chi connectivity index (χ3n) is 5.04. The van der Waals surface area contributed by atoms with Gasteiger partial charge in [-0.05, 0) is 30.5 Å². The Hall–Kier alpha value is -1.66. The Labute approximate surface area is 153 Å². The van der Waals surface area contributed by atoms with Crippen LogP contribution in [0.3, 0.4) is 0 Å². The van der Waals surface area contributed by atoms with E-state index in [1.165, 1.54) is 12.1 Å². The zero-order valence-electron chi connectivity index (χ0n) is 14.2. The van der Waals surface area contributed by atoms with Gasteiger partial charge in [0.15, 0.2) is 0 Å². The van der Waals surface area contributed by atoms with Gasteiger partial charge in [-0.1, -0.05) is 31.4 Å². The first-order valence-electron chi connectivity index (χ1n) is 8.58. The van der Waals surface area contributed by atoms with Gasteiger partial charge >= 0.3 is 0 Å². The second kappa shape index (κ2) is 8.15. The summed E-state index contributed by atoms with van der Waals surface area (Å²) >= 11 is 0. The number of benzene rings is 1. The van der Waals surface area contributed by atoms with Gasteiger partial charge in [0.25, 0.3) is 0 Å². The van der Waals surface area contributed by atoms with Gasteiger partial charge in [-0.3, -0.25) is 9.59 Å². The van der Waals surface area contributed by atoms with Crippen molar-refractivity contribution in [3.8, 4) is 0 Å². The highest BCUT2D eigenvalue weighted by Crippen LogP contribution is 2.28. The molecule has 0 atom stereocenters. The maximum absolute atomic E-state index is 13.3. The normalized spacial score (nSPS) is 20.2. The van der Waals surface area contributed by atoms with E-state index < -0.39 is 5.54 Å². The third-order valence-corrected chi connectivity index (χ3v) is 5.04. The molecule has 0 spiro atoms. The first-order chi connectivity index (χ1) is 11.5. The summed E-state index contributed by atoms with van der Waals surface area (Å²) in [6, 6.07) is 6.25. The largest absolute Gasteiger partial charge is 0.335 e. The molecule has 25 heavy (non-hydrogen) atoms. The molecule has 1 aromatic rings. The molecule has 3 rings (SSSR count). The molecule has 7 heteroatoms. The molecule has 1 heterocycles. The van der Waals surface area contributed by atoms with Crippen molar-refractivity contribution >= 4 is 24.2 Å². The number of piperazine rings is 1. The lowest BCUT2D eigenvalue weighted by atomic mass is 9.81. The molecule has 1 saturated carbocycles. The molecule has 138 valence electrons. The van der Waals surface area contributed by atoms with Gasteiger partial charge in [0.1, 0.15) is 5.82 Å². The van der Waals surface area contributed by atoms with Crippen LogP contribution >= 0.6 is 12.4 Å². The number of amides is 2. The topological polar surface area (TPSA) is 66.6 Å². The molecule has 5 nitrogen and oxygen atoms in total. The Balaban J connectivity index is 0.00000225. The van der Waals surface area contributed by atoms with E-state index in [4.69, 9.17) is 5.73 Å². The van der Waals surface area contributed by atoms with Gasteiger partial charge in [0, 0.05) is 19.6 Å². The molecule has 1 aliphatic carbocycles. The second-order valence-corrected chi connectivity index (χ2v) is 6.89. The molecular weight excluding hydrogens is 345 g/mol. The van der Waals surface area contributed by atoms with E-state index >= 15 is 0 Å². The highest BCUT2D eigenvalue weighted by molar-refractivity contribution is 5.91. The minimum absolute atomic E-state index is 0. The number of hydrogen-bond acceptors (Lipinski definition) is 3. The smallest absolute Gasteiger partial charge is 0.243 e. The summed E-state index contributed by atoms with van der Waals surface area (Å²) < 4.78 is 13.3. The van der Waals surface area contributed by atoms with Crippen LogP contribution in [0.1, 0.15) is 37.7 Å². The van der Waals surface area contributed by atoms with Crippen molar-refractivity contribution in [2.24, 2.45) is 5.73 Å². The lowest BCUT2D eigenvalue weighted by molar-refractivity contribution is -0.149. The summed E-state index contributed by atoms with van der Waals surface area (Å²) in [5.41, 5.74) is 6.25. The average molecular weight is 370 g/mol. The predicted molar refractivity (Wildman–Crippen MR) is 95.6 cm³/mol. The van der Waals surface area contributed by atoms with Crippen molar-refractivity contribution in [2.45, 2.75) is 44.2 Å². The molecule has 2 fully saturated rings. The van der Waals surface area contributed by atoms with E-state index in [0.717, 1.165) is 24.8 Å². The number of nitrogens with two attached hydrogens (primary N) is 1. The molecule has 1 saturated heterocycles. The predicted octanol–water partition coefficient (Wildman–Crippen LogP) is 2.08. The summed E-state index contributed by atoms with van der Waals surface area (Å²) in [5.74, 6) is -0.518. The number of nitrogens with zero attached hydrogens (tertiary/aromatic N) is 2. The summed E-state index contributed by atoms with van der Waals surface area (Å²) in [6.45, 7) is 1.37. The highest BCUT2D eigenvalue weighted by Gasteiger charge is 2.40. The number of carbonyl (C=O) groups is 2. The van der Waals surface area contributed by atoms with Crippen LogP contribution in [0.2, 0.25) is 0 Å². The van der Waals surface area contributed by atoms with Crippen LogP contribution in [-0.4, -0.2) is 46.8 Å². The van der Waals surface area contributed by atoms with E-state index in [1.807, 2.05) is 0 Å². The fourth-order valence-corrected chi connectivity index (χ4v) is 3.62. The average Bonchev–Trinajstić information content (AvgIpc) is 2.57. The van der Waals surface area contributed by atoms with Gasteiger partial charge in [0.2, 0.25) is 11.8 Å². The Morgan fingerprint density at radius 1 is 1.20 bits per heavy atom. The third kappa shape index (κ3) is 4.50. The summed E-state index contributed by atoms with van der Waals surface area (Å²) in [7, 11) is 0. The minimum Gasteiger partial charge on any atom is -0.335 e. The number of rotatable bonds is 3. The van der Waals surface area contributed by atoms with Crippen LogP contribution in [0, 0.1) is 5.82 Å². The number of carbonyl (C=O) groups excluding carboxylic acids is 2. The molecule has 0 radical (unpaired) electrons. The number of halogens is 2. The second-order valence-electron chi connectivity index (χ2n) is 6.89. The molecule has 0 unspecified atom stereocenters. The SMILES string of the molecule is Cl.NC1(C(=O)N2CCN(Cc3cccc(F)c3)C(=O)C2)CCCCC1. The van der Waals surface area contributed by atoms with Crippen LogP contribution < -0.4 is 5.73 Å². The van der Waals surface area contributed by atoms with Crippen molar-refractivity contribution in [1.82, 2.24) is 9.80 Å². The van der Waals surface area contributed by atoms with E-state index in [2.05, 4.69) is 0 Å². The van der Waals surface area contributed by atoms with Gasteiger partial charge < -0.3 is 15.5 Å².